The van der Waals surface area contributed by atoms with E-state index in [1.54, 1.807) is 50.2 Å². The lowest BCUT2D eigenvalue weighted by Crippen LogP contribution is -2.47. The summed E-state index contributed by atoms with van der Waals surface area (Å²) in [5.74, 6) is -1.12. The van der Waals surface area contributed by atoms with Crippen molar-refractivity contribution in [1.82, 2.24) is 10.2 Å². The summed E-state index contributed by atoms with van der Waals surface area (Å²) in [6, 6.07) is 13.3. The molecule has 1 fully saturated rings. The third-order valence-corrected chi connectivity index (χ3v) is 5.83. The van der Waals surface area contributed by atoms with Gasteiger partial charge in [0.2, 0.25) is 11.8 Å². The maximum atomic E-state index is 13.3. The first-order chi connectivity index (χ1) is 14.7. The van der Waals surface area contributed by atoms with E-state index in [1.165, 1.54) is 4.90 Å². The minimum Gasteiger partial charge on any atom is -0.324 e. The van der Waals surface area contributed by atoms with Crippen molar-refractivity contribution in [1.29, 1.82) is 0 Å². The number of fused-ring (bicyclic) bond motifs is 1. The number of amides is 5. The van der Waals surface area contributed by atoms with E-state index in [2.05, 4.69) is 10.6 Å². The van der Waals surface area contributed by atoms with E-state index in [4.69, 9.17) is 0 Å². The summed E-state index contributed by atoms with van der Waals surface area (Å²) in [4.78, 5) is 53.7. The normalized spacial score (nSPS) is 23.2. The zero-order valence-corrected chi connectivity index (χ0v) is 17.6. The van der Waals surface area contributed by atoms with Crippen molar-refractivity contribution in [3.63, 3.8) is 0 Å². The molecule has 8 heteroatoms. The Hall–Kier alpha value is -3.68. The maximum Gasteiger partial charge on any atom is 0.325 e. The van der Waals surface area contributed by atoms with Gasteiger partial charge in [-0.25, -0.2) is 4.79 Å². The monoisotopic (exact) mass is 420 g/mol. The van der Waals surface area contributed by atoms with Crippen LogP contribution in [0.5, 0.6) is 0 Å². The van der Waals surface area contributed by atoms with Crippen LogP contribution in [0.3, 0.4) is 0 Å². The van der Waals surface area contributed by atoms with Gasteiger partial charge < -0.3 is 15.5 Å². The largest absolute Gasteiger partial charge is 0.325 e. The molecule has 0 bridgehead atoms. The molecule has 0 saturated carbocycles. The van der Waals surface area contributed by atoms with E-state index < -0.39 is 36.0 Å². The van der Waals surface area contributed by atoms with Gasteiger partial charge in [0.05, 0.1) is 11.4 Å². The van der Waals surface area contributed by atoms with E-state index in [1.807, 2.05) is 19.1 Å². The van der Waals surface area contributed by atoms with Crippen LogP contribution in [-0.2, 0) is 19.9 Å². The fourth-order valence-electron chi connectivity index (χ4n) is 4.10. The van der Waals surface area contributed by atoms with E-state index >= 15 is 0 Å². The molecule has 2 heterocycles. The molecule has 0 aromatic heterocycles. The number of hydrogen-bond acceptors (Lipinski definition) is 4. The highest BCUT2D eigenvalue weighted by Gasteiger charge is 2.50. The number of hydrogen-bond donors (Lipinski definition) is 2. The highest BCUT2D eigenvalue weighted by molar-refractivity contribution is 6.12. The number of nitrogens with one attached hydrogen (secondary N) is 2. The Morgan fingerprint density at radius 2 is 1.77 bits per heavy atom. The lowest BCUT2D eigenvalue weighted by Gasteiger charge is -2.29. The van der Waals surface area contributed by atoms with Crippen molar-refractivity contribution >= 4 is 35.1 Å². The van der Waals surface area contributed by atoms with Gasteiger partial charge in [-0.05, 0) is 38.5 Å². The highest BCUT2D eigenvalue weighted by atomic mass is 16.2. The second-order valence-corrected chi connectivity index (χ2v) is 8.19. The second kappa shape index (κ2) is 7.54. The number of carbonyl (C=O) groups excluding carboxylic acids is 4. The van der Waals surface area contributed by atoms with Crippen LogP contribution in [0.15, 0.2) is 48.5 Å². The Morgan fingerprint density at radius 1 is 1.10 bits per heavy atom. The molecule has 2 aromatic rings. The molecule has 160 valence electrons. The van der Waals surface area contributed by atoms with E-state index in [9.17, 15) is 19.2 Å². The number of anilines is 2. The molecule has 5 amide bonds. The predicted octanol–water partition coefficient (Wildman–Crippen LogP) is 2.53. The Balaban J connectivity index is 1.61. The van der Waals surface area contributed by atoms with Crippen LogP contribution >= 0.6 is 0 Å². The number of urea groups is 1. The van der Waals surface area contributed by atoms with E-state index in [0.717, 1.165) is 10.5 Å². The molecule has 0 aliphatic carbocycles. The van der Waals surface area contributed by atoms with Gasteiger partial charge in [0.1, 0.15) is 12.1 Å². The van der Waals surface area contributed by atoms with E-state index in [0.29, 0.717) is 16.9 Å². The average molecular weight is 420 g/mol. The van der Waals surface area contributed by atoms with Gasteiger partial charge in [0.25, 0.3) is 5.91 Å². The van der Waals surface area contributed by atoms with Crippen LogP contribution in [0.2, 0.25) is 0 Å². The van der Waals surface area contributed by atoms with Crippen molar-refractivity contribution in [2.75, 3.05) is 16.8 Å². The fourth-order valence-corrected chi connectivity index (χ4v) is 4.10. The molecule has 1 saturated heterocycles. The summed E-state index contributed by atoms with van der Waals surface area (Å²) in [5, 5.41) is 5.52. The third-order valence-electron chi connectivity index (χ3n) is 5.83. The van der Waals surface area contributed by atoms with Crippen LogP contribution in [0.25, 0.3) is 0 Å². The molecular weight excluding hydrogens is 396 g/mol. The lowest BCUT2D eigenvalue weighted by atomic mass is 9.91. The molecule has 0 radical (unpaired) electrons. The average Bonchev–Trinajstić information content (AvgIpc) is 2.85. The van der Waals surface area contributed by atoms with Crippen molar-refractivity contribution in [3.8, 4) is 0 Å². The highest BCUT2D eigenvalue weighted by Crippen LogP contribution is 2.33. The smallest absolute Gasteiger partial charge is 0.324 e. The molecule has 0 unspecified atom stereocenters. The molecule has 31 heavy (non-hydrogen) atoms. The fraction of sp³-hybridized carbons (Fsp3) is 0.304. The summed E-state index contributed by atoms with van der Waals surface area (Å²) < 4.78 is 0. The Labute approximate surface area is 180 Å². The molecule has 2 atom stereocenters. The van der Waals surface area contributed by atoms with E-state index in [-0.39, 0.29) is 12.3 Å². The van der Waals surface area contributed by atoms with Crippen molar-refractivity contribution in [2.45, 2.75) is 38.8 Å². The second-order valence-electron chi connectivity index (χ2n) is 8.19. The third kappa shape index (κ3) is 3.54. The van der Waals surface area contributed by atoms with Gasteiger partial charge in [0.15, 0.2) is 0 Å². The van der Waals surface area contributed by atoms with Gasteiger partial charge in [0, 0.05) is 12.5 Å². The summed E-state index contributed by atoms with van der Waals surface area (Å²) >= 11 is 0. The predicted molar refractivity (Wildman–Crippen MR) is 115 cm³/mol. The topological polar surface area (TPSA) is 98.8 Å². The van der Waals surface area contributed by atoms with Crippen LogP contribution in [0.4, 0.5) is 16.2 Å². The maximum absolute atomic E-state index is 13.3. The minimum atomic E-state index is -1.25. The number of aryl methyl sites for hydroxylation is 1. The number of benzene rings is 2. The molecule has 2 aliphatic heterocycles. The van der Waals surface area contributed by atoms with Crippen molar-refractivity contribution in [3.05, 3.63) is 59.7 Å². The summed E-state index contributed by atoms with van der Waals surface area (Å²) in [6.07, 6.45) is 0.113. The Kier molecular flexibility index (Phi) is 5.00. The Bertz CT molecular complexity index is 1080. The SMILES string of the molecule is Cc1ccc([C@]2(C)NC(=O)N(CC(=O)N3c4ccccc4NC(=O)C[C@H]3C)C2=O)cc1. The number of imide groups is 1. The summed E-state index contributed by atoms with van der Waals surface area (Å²) in [5.41, 5.74) is 1.50. The molecule has 4 rings (SSSR count). The quantitative estimate of drug-likeness (QED) is 0.746. The molecule has 8 nitrogen and oxygen atoms in total. The Morgan fingerprint density at radius 3 is 2.48 bits per heavy atom. The number of carbonyl (C=O) groups is 4. The van der Waals surface area contributed by atoms with Crippen molar-refractivity contribution < 1.29 is 19.2 Å². The van der Waals surface area contributed by atoms with Crippen LogP contribution in [0.1, 0.15) is 31.4 Å². The zero-order chi connectivity index (χ0) is 22.3. The molecule has 2 N–H and O–H groups in total. The first kappa shape index (κ1) is 20.6. The molecular formula is C23H24N4O4. The lowest BCUT2D eigenvalue weighted by molar-refractivity contribution is -0.134. The summed E-state index contributed by atoms with van der Waals surface area (Å²) in [6.45, 7) is 4.92. The van der Waals surface area contributed by atoms with Crippen LogP contribution in [-0.4, -0.2) is 41.2 Å². The molecule has 0 spiro atoms. The van der Waals surface area contributed by atoms with Crippen LogP contribution < -0.4 is 15.5 Å². The van der Waals surface area contributed by atoms with Gasteiger partial charge in [-0.2, -0.15) is 0 Å². The number of para-hydroxylation sites is 2. The first-order valence-electron chi connectivity index (χ1n) is 10.1. The van der Waals surface area contributed by atoms with Gasteiger partial charge in [-0.15, -0.1) is 0 Å². The molecule has 2 aliphatic rings. The number of nitrogens with zero attached hydrogens (tertiary/aromatic N) is 2. The molecule has 2 aromatic carbocycles. The van der Waals surface area contributed by atoms with Gasteiger partial charge in [-0.1, -0.05) is 42.0 Å². The van der Waals surface area contributed by atoms with Gasteiger partial charge in [-0.3, -0.25) is 19.3 Å². The van der Waals surface area contributed by atoms with Crippen LogP contribution in [0, 0.1) is 6.92 Å². The zero-order valence-electron chi connectivity index (χ0n) is 17.6. The first-order valence-corrected chi connectivity index (χ1v) is 10.1. The summed E-state index contributed by atoms with van der Waals surface area (Å²) in [7, 11) is 0. The minimum absolute atomic E-state index is 0.113. The standard InChI is InChI=1S/C23H24N4O4/c1-14-8-10-16(11-9-14)23(3)21(30)26(22(31)25-23)13-20(29)27-15(2)12-19(28)24-17-6-4-5-7-18(17)27/h4-11,15H,12-13H2,1-3H3,(H,24,28)(H,25,31)/t15-,23+/m1/s1. The number of rotatable bonds is 3. The van der Waals surface area contributed by atoms with Gasteiger partial charge >= 0.3 is 6.03 Å². The van der Waals surface area contributed by atoms with Crippen molar-refractivity contribution in [2.24, 2.45) is 0 Å².